The minimum Gasteiger partial charge on any atom is -0.508 e. The summed E-state index contributed by atoms with van der Waals surface area (Å²) in [6, 6.07) is 6.64. The highest BCUT2D eigenvalue weighted by Crippen LogP contribution is 2.56. The molecule has 0 radical (unpaired) electrons. The van der Waals surface area contributed by atoms with Gasteiger partial charge < -0.3 is 9.84 Å². The maximum Gasteiger partial charge on any atom is 0.573 e. The summed E-state index contributed by atoms with van der Waals surface area (Å²) in [5, 5.41) is 12.7. The third-order valence-electron chi connectivity index (χ3n) is 8.09. The summed E-state index contributed by atoms with van der Waals surface area (Å²) in [6.45, 7) is 1.60. The number of hydrogen-bond acceptors (Lipinski definition) is 7. The van der Waals surface area contributed by atoms with Gasteiger partial charge in [-0.15, -0.1) is 24.5 Å². The van der Waals surface area contributed by atoms with Gasteiger partial charge in [-0.25, -0.2) is 0 Å². The van der Waals surface area contributed by atoms with Gasteiger partial charge in [-0.2, -0.15) is 0 Å². The molecule has 2 heterocycles. The fourth-order valence-electron chi connectivity index (χ4n) is 6.46. The molecule has 3 aliphatic carbocycles. The second-order valence-electron chi connectivity index (χ2n) is 10.3. The van der Waals surface area contributed by atoms with Gasteiger partial charge in [0, 0.05) is 33.1 Å². The number of thiophene rings is 1. The van der Waals surface area contributed by atoms with Gasteiger partial charge in [0.15, 0.2) is 11.6 Å². The van der Waals surface area contributed by atoms with Crippen molar-refractivity contribution in [2.45, 2.75) is 38.6 Å². The lowest BCUT2D eigenvalue weighted by atomic mass is 9.59. The monoisotopic (exact) mass is 569 g/mol. The van der Waals surface area contributed by atoms with Crippen LogP contribution in [0, 0.1) is 17.8 Å². The van der Waals surface area contributed by atoms with Crippen LogP contribution in [0.3, 0.4) is 0 Å². The molecule has 206 valence electrons. The number of phenolic OH excluding ortho intramolecular Hbond substituents is 1. The van der Waals surface area contributed by atoms with E-state index in [1.807, 2.05) is 17.5 Å². The first-order valence-electron chi connectivity index (χ1n) is 12.6. The first-order valence-corrected chi connectivity index (χ1v) is 13.5. The Labute approximate surface area is 230 Å². The van der Waals surface area contributed by atoms with E-state index in [0.717, 1.165) is 23.1 Å². The maximum atomic E-state index is 13.7. The molecule has 1 N–H and O–H groups in total. The van der Waals surface area contributed by atoms with Crippen LogP contribution in [0.4, 0.5) is 13.2 Å². The molecule has 11 heteroatoms. The van der Waals surface area contributed by atoms with Crippen LogP contribution in [0.15, 0.2) is 70.2 Å². The van der Waals surface area contributed by atoms with E-state index < -0.39 is 53.1 Å². The van der Waals surface area contributed by atoms with Gasteiger partial charge in [0.1, 0.15) is 11.5 Å². The maximum absolute atomic E-state index is 13.7. The number of nitrogens with zero attached hydrogens (tertiary/aromatic N) is 1. The van der Waals surface area contributed by atoms with Crippen molar-refractivity contribution in [3.8, 4) is 11.5 Å². The van der Waals surface area contributed by atoms with Gasteiger partial charge in [0.05, 0.1) is 18.4 Å². The van der Waals surface area contributed by atoms with E-state index in [9.17, 15) is 37.5 Å². The molecule has 2 aromatic rings. The normalized spacial score (nSPS) is 26.4. The van der Waals surface area contributed by atoms with E-state index in [-0.39, 0.29) is 53.5 Å². The van der Waals surface area contributed by atoms with E-state index in [1.54, 1.807) is 6.08 Å². The first kappa shape index (κ1) is 26.2. The number of Topliss-reactive ketones (excluding diaryl/α,β-unsaturated/α-hetero) is 1. The molecule has 7 nitrogen and oxygen atoms in total. The third-order valence-corrected chi connectivity index (χ3v) is 8.95. The average molecular weight is 570 g/mol. The minimum atomic E-state index is -5.00. The Bertz CT molecular complexity index is 1570. The number of rotatable bonds is 4. The second kappa shape index (κ2) is 9.29. The van der Waals surface area contributed by atoms with Crippen LogP contribution in [0.25, 0.3) is 0 Å². The van der Waals surface area contributed by atoms with Crippen LogP contribution < -0.4 is 4.74 Å². The quantitative estimate of drug-likeness (QED) is 0.317. The molecule has 2 amide bonds. The minimum absolute atomic E-state index is 0.0263. The van der Waals surface area contributed by atoms with Crippen molar-refractivity contribution in [1.82, 2.24) is 4.90 Å². The van der Waals surface area contributed by atoms with Gasteiger partial charge in [0.25, 0.3) is 0 Å². The highest BCUT2D eigenvalue weighted by atomic mass is 32.1. The molecular weight excluding hydrogens is 547 g/mol. The lowest BCUT2D eigenvalue weighted by Gasteiger charge is -2.42. The SMILES string of the molecule is CC1=CC(=O)C2=C(C1=O)C(c1cc(OC(F)(F)F)ccc1O)C1=CCC3C(=O)N(Cc4cccs4)C(=O)C3C1C2. The van der Waals surface area contributed by atoms with Crippen LogP contribution in [0.2, 0.25) is 0 Å². The molecule has 40 heavy (non-hydrogen) atoms. The summed E-state index contributed by atoms with van der Waals surface area (Å²) in [6.07, 6.45) is -1.84. The molecule has 0 saturated carbocycles. The molecule has 1 aromatic heterocycles. The predicted molar refractivity (Wildman–Crippen MR) is 136 cm³/mol. The van der Waals surface area contributed by atoms with E-state index in [0.29, 0.717) is 5.57 Å². The van der Waals surface area contributed by atoms with Crippen molar-refractivity contribution in [1.29, 1.82) is 0 Å². The average Bonchev–Trinajstić information content (AvgIpc) is 3.49. The Balaban J connectivity index is 1.47. The van der Waals surface area contributed by atoms with E-state index in [4.69, 9.17) is 0 Å². The number of amides is 2. The fraction of sp³-hybridized carbons (Fsp3) is 0.310. The number of fused-ring (bicyclic) bond motifs is 3. The Hall–Kier alpha value is -3.99. The zero-order chi connectivity index (χ0) is 28.5. The van der Waals surface area contributed by atoms with Crippen molar-refractivity contribution in [3.63, 3.8) is 0 Å². The summed E-state index contributed by atoms with van der Waals surface area (Å²) < 4.78 is 43.2. The van der Waals surface area contributed by atoms with Crippen molar-refractivity contribution in [3.05, 3.63) is 80.6 Å². The number of likely N-dealkylation sites (tertiary alicyclic amines) is 1. The van der Waals surface area contributed by atoms with Crippen LogP contribution >= 0.6 is 11.3 Å². The molecule has 0 spiro atoms. The van der Waals surface area contributed by atoms with Crippen molar-refractivity contribution < 1.29 is 42.2 Å². The largest absolute Gasteiger partial charge is 0.573 e. The molecule has 4 unspecified atom stereocenters. The highest BCUT2D eigenvalue weighted by Gasteiger charge is 2.56. The van der Waals surface area contributed by atoms with Crippen LogP contribution in [0.5, 0.6) is 11.5 Å². The molecule has 4 aliphatic rings. The number of aromatic hydroxyl groups is 1. The first-order chi connectivity index (χ1) is 18.9. The number of carbonyl (C=O) groups excluding carboxylic acids is 4. The summed E-state index contributed by atoms with van der Waals surface area (Å²) >= 11 is 1.41. The number of halogens is 3. The number of alkyl halides is 3. The smallest absolute Gasteiger partial charge is 0.508 e. The Kier molecular flexibility index (Phi) is 6.10. The number of phenols is 1. The Morgan fingerprint density at radius 3 is 2.58 bits per heavy atom. The van der Waals surface area contributed by atoms with Gasteiger partial charge in [-0.1, -0.05) is 17.7 Å². The van der Waals surface area contributed by atoms with E-state index in [1.165, 1.54) is 29.2 Å². The van der Waals surface area contributed by atoms with Crippen LogP contribution in [-0.2, 0) is 25.7 Å². The molecule has 1 aliphatic heterocycles. The van der Waals surface area contributed by atoms with Crippen molar-refractivity contribution >= 4 is 34.7 Å². The van der Waals surface area contributed by atoms with Crippen molar-refractivity contribution in [2.24, 2.45) is 17.8 Å². The summed E-state index contributed by atoms with van der Waals surface area (Å²) in [4.78, 5) is 55.8. The van der Waals surface area contributed by atoms with E-state index >= 15 is 0 Å². The Morgan fingerprint density at radius 1 is 1.10 bits per heavy atom. The van der Waals surface area contributed by atoms with E-state index in [2.05, 4.69) is 4.74 Å². The number of allylic oxidation sites excluding steroid dienone is 6. The number of ether oxygens (including phenoxy) is 1. The molecule has 1 fully saturated rings. The fourth-order valence-corrected chi connectivity index (χ4v) is 7.15. The molecule has 4 atom stereocenters. The van der Waals surface area contributed by atoms with Gasteiger partial charge in [-0.05, 0) is 61.4 Å². The molecular formula is C29H22F3NO6S. The zero-order valence-corrected chi connectivity index (χ0v) is 21.8. The highest BCUT2D eigenvalue weighted by molar-refractivity contribution is 7.09. The number of imide groups is 1. The van der Waals surface area contributed by atoms with Crippen LogP contribution in [-0.4, -0.2) is 39.7 Å². The number of benzene rings is 1. The summed E-state index contributed by atoms with van der Waals surface area (Å²) in [5.41, 5.74) is 0.846. The molecule has 6 rings (SSSR count). The lowest BCUT2D eigenvalue weighted by Crippen LogP contribution is -2.39. The predicted octanol–water partition coefficient (Wildman–Crippen LogP) is 4.98. The van der Waals surface area contributed by atoms with Gasteiger partial charge in [0.2, 0.25) is 11.8 Å². The van der Waals surface area contributed by atoms with Crippen LogP contribution in [0.1, 0.15) is 36.1 Å². The third kappa shape index (κ3) is 4.19. The number of carbonyl (C=O) groups is 4. The summed E-state index contributed by atoms with van der Waals surface area (Å²) in [7, 11) is 0. The Morgan fingerprint density at radius 2 is 1.88 bits per heavy atom. The molecule has 0 bridgehead atoms. The zero-order valence-electron chi connectivity index (χ0n) is 21.0. The number of ketones is 2. The lowest BCUT2D eigenvalue weighted by molar-refractivity contribution is -0.274. The number of hydrogen-bond donors (Lipinski definition) is 1. The van der Waals surface area contributed by atoms with Gasteiger partial charge >= 0.3 is 6.36 Å². The second-order valence-corrected chi connectivity index (χ2v) is 11.4. The summed E-state index contributed by atoms with van der Waals surface area (Å²) in [5.74, 6) is -5.83. The van der Waals surface area contributed by atoms with Crippen molar-refractivity contribution in [2.75, 3.05) is 0 Å². The molecule has 1 saturated heterocycles. The standard InChI is InChI=1S/C29H22F3NO6S/c1-13-9-22(35)20-11-18-16(5-6-17-24(18)28(38)33(27(17)37)12-15-3-2-8-40-15)23(25(20)26(13)36)19-10-14(4-7-21(19)34)39-29(30,31)32/h2-5,7-10,17-18,23-24,34H,6,11-12H2,1H3. The topological polar surface area (TPSA) is 101 Å². The van der Waals surface area contributed by atoms with Gasteiger partial charge in [-0.3, -0.25) is 24.1 Å². The molecule has 1 aromatic carbocycles.